The lowest BCUT2D eigenvalue weighted by Gasteiger charge is -2.24. The van der Waals surface area contributed by atoms with Gasteiger partial charge in [0.15, 0.2) is 0 Å². The highest BCUT2D eigenvalue weighted by atomic mass is 127. The summed E-state index contributed by atoms with van der Waals surface area (Å²) < 4.78 is 20.0. The van der Waals surface area contributed by atoms with Crippen LogP contribution >= 0.6 is 22.6 Å². The van der Waals surface area contributed by atoms with Crippen molar-refractivity contribution in [1.29, 1.82) is 0 Å². The number of hydrogen-bond acceptors (Lipinski definition) is 5. The number of benzene rings is 3. The summed E-state index contributed by atoms with van der Waals surface area (Å²) >= 11 is 2.23. The number of hydrogen-bond donors (Lipinski definition) is 3. The van der Waals surface area contributed by atoms with Crippen LogP contribution in [0.2, 0.25) is 0 Å². The molecule has 0 aliphatic carbocycles. The van der Waals surface area contributed by atoms with E-state index >= 15 is 0 Å². The molecular formula is C28H24FIN4O4. The molecule has 1 aliphatic rings. The molecule has 0 unspecified atom stereocenters. The van der Waals surface area contributed by atoms with Gasteiger partial charge in [-0.2, -0.15) is 0 Å². The molecule has 0 saturated carbocycles. The molecule has 3 amide bonds. The molecule has 1 fully saturated rings. The smallest absolute Gasteiger partial charge is 0.325 e. The summed E-state index contributed by atoms with van der Waals surface area (Å²) in [6.45, 7) is 0.0476. The van der Waals surface area contributed by atoms with Crippen molar-refractivity contribution in [3.8, 4) is 17.0 Å². The first-order chi connectivity index (χ1) is 18.4. The Labute approximate surface area is 232 Å². The quantitative estimate of drug-likeness (QED) is 0.183. The zero-order valence-corrected chi connectivity index (χ0v) is 22.3. The zero-order chi connectivity index (χ0) is 26.6. The van der Waals surface area contributed by atoms with Gasteiger partial charge in [-0.1, -0.05) is 36.4 Å². The lowest BCUT2D eigenvalue weighted by Crippen LogP contribution is -2.36. The third-order valence-corrected chi connectivity index (χ3v) is 6.98. The van der Waals surface area contributed by atoms with E-state index in [9.17, 15) is 14.0 Å². The standard InChI is InChI=1S/C28H24FIN4O4/c29-20-7-1-17(2-8-20)15-24(26-31-16-23(32-26)18-3-9-21(30)10-4-18)34-27(36)25(33-28(34)37)19-5-11-22(12-6-19)38-14-13-35/h1-12,16,24-25,35H,13-15H2,(H,31,32)(H,33,37)/t24-,25+/m0/s1. The van der Waals surface area contributed by atoms with E-state index in [1.54, 1.807) is 42.6 Å². The highest BCUT2D eigenvalue weighted by molar-refractivity contribution is 14.1. The summed E-state index contributed by atoms with van der Waals surface area (Å²) in [4.78, 5) is 35.8. The Hall–Kier alpha value is -3.77. The predicted octanol–water partition coefficient (Wildman–Crippen LogP) is 4.77. The van der Waals surface area contributed by atoms with Gasteiger partial charge in [0.25, 0.3) is 5.91 Å². The lowest BCUT2D eigenvalue weighted by molar-refractivity contribution is -0.129. The number of amides is 3. The summed E-state index contributed by atoms with van der Waals surface area (Å²) in [7, 11) is 0. The van der Waals surface area contributed by atoms with Crippen molar-refractivity contribution in [1.82, 2.24) is 20.2 Å². The van der Waals surface area contributed by atoms with E-state index in [0.717, 1.165) is 20.4 Å². The number of imidazole rings is 1. The number of H-pyrrole nitrogens is 1. The number of ether oxygens (including phenoxy) is 1. The highest BCUT2D eigenvalue weighted by Gasteiger charge is 2.44. The largest absolute Gasteiger partial charge is 0.491 e. The number of imide groups is 1. The summed E-state index contributed by atoms with van der Waals surface area (Å²) in [5.41, 5.74) is 3.02. The van der Waals surface area contributed by atoms with Crippen LogP contribution in [0.4, 0.5) is 9.18 Å². The maximum Gasteiger partial charge on any atom is 0.325 e. The first-order valence-electron chi connectivity index (χ1n) is 12.0. The maximum atomic E-state index is 13.6. The van der Waals surface area contributed by atoms with Crippen LogP contribution in [0.3, 0.4) is 0 Å². The number of aromatic nitrogens is 2. The fourth-order valence-electron chi connectivity index (χ4n) is 4.37. The van der Waals surface area contributed by atoms with E-state index in [2.05, 4.69) is 37.9 Å². The topological polar surface area (TPSA) is 108 Å². The minimum atomic E-state index is -0.879. The van der Waals surface area contributed by atoms with Crippen molar-refractivity contribution in [2.75, 3.05) is 13.2 Å². The monoisotopic (exact) mass is 626 g/mol. The number of halogens is 2. The summed E-state index contributed by atoms with van der Waals surface area (Å²) in [6.07, 6.45) is 1.93. The van der Waals surface area contributed by atoms with Gasteiger partial charge in [-0.3, -0.25) is 9.69 Å². The van der Waals surface area contributed by atoms with Crippen molar-refractivity contribution < 1.29 is 23.8 Å². The molecule has 0 radical (unpaired) electrons. The van der Waals surface area contributed by atoms with Gasteiger partial charge in [-0.05, 0) is 75.7 Å². The van der Waals surface area contributed by atoms with Crippen LogP contribution in [0, 0.1) is 9.39 Å². The Bertz CT molecular complexity index is 1420. The van der Waals surface area contributed by atoms with Gasteiger partial charge in [0.1, 0.15) is 36.1 Å². The third kappa shape index (κ3) is 5.55. The maximum absolute atomic E-state index is 13.6. The van der Waals surface area contributed by atoms with Crippen LogP contribution in [0.5, 0.6) is 5.75 Å². The molecule has 38 heavy (non-hydrogen) atoms. The Kier molecular flexibility index (Phi) is 7.70. The molecule has 1 aliphatic heterocycles. The number of rotatable bonds is 9. The molecular weight excluding hydrogens is 602 g/mol. The Balaban J connectivity index is 1.45. The Morgan fingerprint density at radius 2 is 1.74 bits per heavy atom. The molecule has 3 N–H and O–H groups in total. The summed E-state index contributed by atoms with van der Waals surface area (Å²) in [6, 6.07) is 18.5. The second-order valence-corrected chi connectivity index (χ2v) is 10.0. The molecule has 2 heterocycles. The van der Waals surface area contributed by atoms with E-state index in [4.69, 9.17) is 9.84 Å². The van der Waals surface area contributed by atoms with Crippen molar-refractivity contribution >= 4 is 34.5 Å². The van der Waals surface area contributed by atoms with Gasteiger partial charge in [0, 0.05) is 9.99 Å². The second-order valence-electron chi connectivity index (χ2n) is 8.77. The highest BCUT2D eigenvalue weighted by Crippen LogP contribution is 2.33. The van der Waals surface area contributed by atoms with Crippen LogP contribution in [-0.2, 0) is 11.2 Å². The molecule has 194 valence electrons. The lowest BCUT2D eigenvalue weighted by atomic mass is 10.0. The molecule has 2 atom stereocenters. The van der Waals surface area contributed by atoms with E-state index in [0.29, 0.717) is 17.1 Å². The number of urea groups is 1. The van der Waals surface area contributed by atoms with Gasteiger partial charge in [-0.25, -0.2) is 14.2 Å². The van der Waals surface area contributed by atoms with Crippen molar-refractivity contribution in [2.24, 2.45) is 0 Å². The fourth-order valence-corrected chi connectivity index (χ4v) is 4.73. The van der Waals surface area contributed by atoms with E-state index in [1.807, 2.05) is 24.3 Å². The SMILES string of the molecule is O=C1N[C@H](c2ccc(OCCO)cc2)C(=O)N1[C@@H](Cc1ccc(F)cc1)c1ncc(-c2ccc(I)cc2)[nH]1. The van der Waals surface area contributed by atoms with Crippen molar-refractivity contribution in [2.45, 2.75) is 18.5 Å². The number of carbonyl (C=O) groups is 2. The normalized spacial score (nSPS) is 16.0. The van der Waals surface area contributed by atoms with Gasteiger partial charge in [0.05, 0.1) is 18.5 Å². The predicted molar refractivity (Wildman–Crippen MR) is 147 cm³/mol. The van der Waals surface area contributed by atoms with Gasteiger partial charge < -0.3 is 20.1 Å². The minimum absolute atomic E-state index is 0.110. The number of nitrogens with one attached hydrogen (secondary N) is 2. The minimum Gasteiger partial charge on any atom is -0.491 e. The molecule has 1 saturated heterocycles. The molecule has 10 heteroatoms. The van der Waals surface area contributed by atoms with Gasteiger partial charge in [-0.15, -0.1) is 0 Å². The summed E-state index contributed by atoms with van der Waals surface area (Å²) in [5, 5.41) is 11.7. The van der Waals surface area contributed by atoms with Crippen LogP contribution < -0.4 is 10.1 Å². The molecule has 0 bridgehead atoms. The number of aromatic amines is 1. The zero-order valence-electron chi connectivity index (χ0n) is 20.1. The second kappa shape index (κ2) is 11.3. The number of carbonyl (C=O) groups excluding carboxylic acids is 2. The molecule has 5 rings (SSSR count). The fraction of sp³-hybridized carbons (Fsp3) is 0.179. The molecule has 8 nitrogen and oxygen atoms in total. The average molecular weight is 626 g/mol. The van der Waals surface area contributed by atoms with E-state index in [1.165, 1.54) is 17.0 Å². The third-order valence-electron chi connectivity index (χ3n) is 6.26. The van der Waals surface area contributed by atoms with Crippen molar-refractivity contribution in [3.05, 3.63) is 105 Å². The number of aliphatic hydroxyl groups is 1. The molecule has 0 spiro atoms. The molecule has 3 aromatic carbocycles. The Morgan fingerprint density at radius 3 is 2.42 bits per heavy atom. The van der Waals surface area contributed by atoms with Gasteiger partial charge >= 0.3 is 6.03 Å². The Morgan fingerprint density at radius 1 is 1.03 bits per heavy atom. The van der Waals surface area contributed by atoms with E-state index in [-0.39, 0.29) is 25.5 Å². The molecule has 1 aromatic heterocycles. The first-order valence-corrected chi connectivity index (χ1v) is 13.0. The molecule has 4 aromatic rings. The number of aliphatic hydroxyl groups excluding tert-OH is 1. The average Bonchev–Trinajstić information content (AvgIpc) is 3.53. The van der Waals surface area contributed by atoms with Crippen molar-refractivity contribution in [3.63, 3.8) is 0 Å². The van der Waals surface area contributed by atoms with Crippen LogP contribution in [0.25, 0.3) is 11.3 Å². The first kappa shape index (κ1) is 25.9. The van der Waals surface area contributed by atoms with Crippen LogP contribution in [0.1, 0.15) is 29.0 Å². The van der Waals surface area contributed by atoms with E-state index < -0.39 is 24.0 Å². The van der Waals surface area contributed by atoms with Crippen LogP contribution in [0.15, 0.2) is 79.0 Å². The number of nitrogens with zero attached hydrogens (tertiary/aromatic N) is 2. The summed E-state index contributed by atoms with van der Waals surface area (Å²) in [5.74, 6) is 0.202. The van der Waals surface area contributed by atoms with Gasteiger partial charge in [0.2, 0.25) is 0 Å². The van der Waals surface area contributed by atoms with Crippen LogP contribution in [-0.4, -0.2) is 45.1 Å².